The first-order chi connectivity index (χ1) is 10.1. The van der Waals surface area contributed by atoms with Gasteiger partial charge in [-0.3, -0.25) is 14.4 Å². The molecule has 0 aliphatic carbocycles. The number of benzene rings is 1. The van der Waals surface area contributed by atoms with Gasteiger partial charge < -0.3 is 9.80 Å². The Morgan fingerprint density at radius 1 is 1.05 bits per heavy atom. The number of ketones is 1. The highest BCUT2D eigenvalue weighted by Gasteiger charge is 2.30. The summed E-state index contributed by atoms with van der Waals surface area (Å²) < 4.78 is 0. The third-order valence-electron chi connectivity index (χ3n) is 3.64. The fourth-order valence-electron chi connectivity index (χ4n) is 2.43. The fraction of sp³-hybridized carbons (Fsp3) is 0.438. The van der Waals surface area contributed by atoms with Crippen molar-refractivity contribution in [3.63, 3.8) is 0 Å². The highest BCUT2D eigenvalue weighted by atomic mass is 16.2. The van der Waals surface area contributed by atoms with Crippen molar-refractivity contribution in [3.8, 4) is 0 Å². The Balaban J connectivity index is 1.94. The summed E-state index contributed by atoms with van der Waals surface area (Å²) in [4.78, 5) is 38.9. The van der Waals surface area contributed by atoms with Crippen LogP contribution in [0.15, 0.2) is 30.3 Å². The molecule has 1 heterocycles. The molecule has 1 aromatic carbocycles. The van der Waals surface area contributed by atoms with Gasteiger partial charge in [0, 0.05) is 26.7 Å². The predicted octanol–water partition coefficient (Wildman–Crippen LogP) is 1.23. The molecule has 2 rings (SSSR count). The third kappa shape index (κ3) is 3.90. The van der Waals surface area contributed by atoms with Gasteiger partial charge in [0.05, 0.1) is 0 Å². The van der Waals surface area contributed by atoms with Crippen LogP contribution in [0.2, 0.25) is 0 Å². The smallest absolute Gasteiger partial charge is 0.307 e. The van der Waals surface area contributed by atoms with Crippen LogP contribution in [0.3, 0.4) is 0 Å². The Bertz CT molecular complexity index is 522. The van der Waals surface area contributed by atoms with Crippen LogP contribution in [-0.4, -0.2) is 47.5 Å². The molecule has 0 saturated carbocycles. The van der Waals surface area contributed by atoms with Crippen molar-refractivity contribution in [1.29, 1.82) is 0 Å². The average molecular weight is 288 g/mol. The molecule has 0 aromatic heterocycles. The van der Waals surface area contributed by atoms with E-state index in [1.165, 1.54) is 16.8 Å². The Labute approximate surface area is 124 Å². The number of piperidine rings is 1. The molecule has 2 amide bonds. The molecular weight excluding hydrogens is 268 g/mol. The Hall–Kier alpha value is -2.17. The molecule has 0 bridgehead atoms. The van der Waals surface area contributed by atoms with Crippen LogP contribution in [0.25, 0.3) is 0 Å². The van der Waals surface area contributed by atoms with Gasteiger partial charge >= 0.3 is 5.78 Å². The minimum atomic E-state index is -0.935. The van der Waals surface area contributed by atoms with Gasteiger partial charge in [0.1, 0.15) is 0 Å². The number of carbonyl (C=O) groups is 3. The first kappa shape index (κ1) is 15.2. The maximum Gasteiger partial charge on any atom is 0.307 e. The molecule has 5 nitrogen and oxygen atoms in total. The van der Waals surface area contributed by atoms with E-state index < -0.39 is 17.6 Å². The Morgan fingerprint density at radius 3 is 2.29 bits per heavy atom. The number of rotatable bonds is 4. The second-order valence-corrected chi connectivity index (χ2v) is 5.33. The van der Waals surface area contributed by atoms with Gasteiger partial charge in [0.25, 0.3) is 11.8 Å². The minimum Gasteiger partial charge on any atom is -0.336 e. The summed E-state index contributed by atoms with van der Waals surface area (Å²) in [6.07, 6.45) is 2.86. The highest BCUT2D eigenvalue weighted by molar-refractivity contribution is 6.62. The predicted molar refractivity (Wildman–Crippen MR) is 78.4 cm³/mol. The molecule has 1 aliphatic rings. The quantitative estimate of drug-likeness (QED) is 0.618. The summed E-state index contributed by atoms with van der Waals surface area (Å²) in [5, 5.41) is 0. The minimum absolute atomic E-state index is 0.318. The van der Waals surface area contributed by atoms with Gasteiger partial charge in [0.2, 0.25) is 0 Å². The summed E-state index contributed by atoms with van der Waals surface area (Å²) in [5.74, 6) is -2.34. The molecule has 21 heavy (non-hydrogen) atoms. The monoisotopic (exact) mass is 288 g/mol. The highest BCUT2D eigenvalue weighted by Crippen LogP contribution is 2.10. The fourth-order valence-corrected chi connectivity index (χ4v) is 2.43. The molecule has 1 aliphatic heterocycles. The Kier molecular flexibility index (Phi) is 5.09. The molecule has 1 fully saturated rings. The second-order valence-electron chi connectivity index (χ2n) is 5.33. The number of hydrogen-bond donors (Lipinski definition) is 0. The van der Waals surface area contributed by atoms with Crippen molar-refractivity contribution in [2.24, 2.45) is 0 Å². The van der Waals surface area contributed by atoms with Crippen LogP contribution in [0.5, 0.6) is 0 Å². The number of likely N-dealkylation sites (N-methyl/N-ethyl adjacent to an activating group) is 1. The number of carbonyl (C=O) groups excluding carboxylic acids is 3. The maximum absolute atomic E-state index is 12.1. The van der Waals surface area contributed by atoms with E-state index in [1.807, 2.05) is 30.3 Å². The van der Waals surface area contributed by atoms with Crippen LogP contribution >= 0.6 is 0 Å². The normalized spacial score (nSPS) is 14.6. The SMILES string of the molecule is CN(Cc1ccccc1)C(=O)C(=O)C(=O)N1CCCCC1. The number of hydrogen-bond acceptors (Lipinski definition) is 3. The van der Waals surface area contributed by atoms with E-state index >= 15 is 0 Å². The lowest BCUT2D eigenvalue weighted by molar-refractivity contribution is -0.154. The molecule has 1 saturated heterocycles. The van der Waals surface area contributed by atoms with Crippen molar-refractivity contribution >= 4 is 17.6 Å². The van der Waals surface area contributed by atoms with E-state index in [0.29, 0.717) is 19.6 Å². The van der Waals surface area contributed by atoms with E-state index in [-0.39, 0.29) is 0 Å². The largest absolute Gasteiger partial charge is 0.336 e. The molecule has 0 radical (unpaired) electrons. The van der Waals surface area contributed by atoms with Crippen molar-refractivity contribution in [1.82, 2.24) is 9.80 Å². The third-order valence-corrected chi connectivity index (χ3v) is 3.64. The van der Waals surface area contributed by atoms with Crippen LogP contribution in [0.1, 0.15) is 24.8 Å². The molecule has 0 atom stereocenters. The van der Waals surface area contributed by atoms with Crippen molar-refractivity contribution < 1.29 is 14.4 Å². The van der Waals surface area contributed by atoms with E-state index in [9.17, 15) is 14.4 Å². The average Bonchev–Trinajstić information content (AvgIpc) is 2.54. The lowest BCUT2D eigenvalue weighted by Crippen LogP contribution is -2.46. The van der Waals surface area contributed by atoms with Crippen LogP contribution < -0.4 is 0 Å². The van der Waals surface area contributed by atoms with Crippen molar-refractivity contribution in [3.05, 3.63) is 35.9 Å². The standard InChI is InChI=1S/C16H20N2O3/c1-17(12-13-8-4-2-5-9-13)15(20)14(19)16(21)18-10-6-3-7-11-18/h2,4-5,8-9H,3,6-7,10-12H2,1H3. The number of likely N-dealkylation sites (tertiary alicyclic amines) is 1. The van der Waals surface area contributed by atoms with Gasteiger partial charge in [-0.1, -0.05) is 30.3 Å². The van der Waals surface area contributed by atoms with Crippen LogP contribution in [0.4, 0.5) is 0 Å². The molecule has 0 unspecified atom stereocenters. The van der Waals surface area contributed by atoms with Crippen molar-refractivity contribution in [2.75, 3.05) is 20.1 Å². The Morgan fingerprint density at radius 2 is 1.67 bits per heavy atom. The van der Waals surface area contributed by atoms with E-state index in [2.05, 4.69) is 0 Å². The lowest BCUT2D eigenvalue weighted by atomic mass is 10.1. The molecule has 0 spiro atoms. The molecule has 0 N–H and O–H groups in total. The van der Waals surface area contributed by atoms with Crippen molar-refractivity contribution in [2.45, 2.75) is 25.8 Å². The summed E-state index contributed by atoms with van der Waals surface area (Å²) >= 11 is 0. The molecule has 112 valence electrons. The lowest BCUT2D eigenvalue weighted by Gasteiger charge is -2.26. The second kappa shape index (κ2) is 7.02. The van der Waals surface area contributed by atoms with Gasteiger partial charge in [-0.2, -0.15) is 0 Å². The maximum atomic E-state index is 12.1. The van der Waals surface area contributed by atoms with E-state index in [1.54, 1.807) is 0 Å². The first-order valence-corrected chi connectivity index (χ1v) is 7.22. The number of nitrogens with zero attached hydrogens (tertiary/aromatic N) is 2. The molecular formula is C16H20N2O3. The zero-order valence-electron chi connectivity index (χ0n) is 12.2. The molecule has 1 aromatic rings. The summed E-state index contributed by atoms with van der Waals surface area (Å²) in [6, 6.07) is 9.38. The van der Waals surface area contributed by atoms with E-state index in [4.69, 9.17) is 0 Å². The number of amides is 2. The first-order valence-electron chi connectivity index (χ1n) is 7.22. The zero-order chi connectivity index (χ0) is 15.2. The van der Waals surface area contributed by atoms with Crippen LogP contribution in [-0.2, 0) is 20.9 Å². The van der Waals surface area contributed by atoms with E-state index in [0.717, 1.165) is 24.8 Å². The summed E-state index contributed by atoms with van der Waals surface area (Å²) in [6.45, 7) is 1.46. The van der Waals surface area contributed by atoms with Gasteiger partial charge in [-0.05, 0) is 24.8 Å². The van der Waals surface area contributed by atoms with Gasteiger partial charge in [-0.15, -0.1) is 0 Å². The topological polar surface area (TPSA) is 57.7 Å². The summed E-state index contributed by atoms with van der Waals surface area (Å²) in [7, 11) is 1.54. The number of Topliss-reactive ketones (excluding diaryl/α,β-unsaturated/α-hetero) is 1. The van der Waals surface area contributed by atoms with Crippen LogP contribution in [0, 0.1) is 0 Å². The van der Waals surface area contributed by atoms with Gasteiger partial charge in [0.15, 0.2) is 0 Å². The molecule has 5 heteroatoms. The zero-order valence-corrected chi connectivity index (χ0v) is 12.2. The summed E-state index contributed by atoms with van der Waals surface area (Å²) in [5.41, 5.74) is 0.923. The van der Waals surface area contributed by atoms with Gasteiger partial charge in [-0.25, -0.2) is 0 Å².